The number of benzene rings is 2. The number of hydrogen-bond donors (Lipinski definition) is 1. The lowest BCUT2D eigenvalue weighted by Crippen LogP contribution is -2.20. The molecule has 0 aliphatic heterocycles. The van der Waals surface area contributed by atoms with Gasteiger partial charge in [0.05, 0.1) is 28.6 Å². The van der Waals surface area contributed by atoms with Gasteiger partial charge in [-0.25, -0.2) is 8.42 Å². The van der Waals surface area contributed by atoms with E-state index < -0.39 is 20.7 Å². The minimum Gasteiger partial charge on any atom is -0.489 e. The predicted octanol–water partition coefficient (Wildman–Crippen LogP) is 3.21. The molecule has 0 heterocycles. The highest BCUT2D eigenvalue weighted by Gasteiger charge is 2.36. The second-order valence-corrected chi connectivity index (χ2v) is 9.25. The standard InChI is InChI=1S/C21H24N2O7S/c1-29-14-9-7-13(8-10-14)15-11-12-18(20(30-2)19(15)23(25)26)31(27,28)17-6-4-3-5-16(17)21(22)24/h3-6,11-14H,7-10H2,1-2H3,(H2,22,24). The summed E-state index contributed by atoms with van der Waals surface area (Å²) in [6, 6.07) is 8.23. The molecule has 166 valence electrons. The molecule has 0 bridgehead atoms. The summed E-state index contributed by atoms with van der Waals surface area (Å²) >= 11 is 0. The third-order valence-corrected chi connectivity index (χ3v) is 7.53. The Morgan fingerprint density at radius 3 is 2.26 bits per heavy atom. The van der Waals surface area contributed by atoms with Crippen LogP contribution in [0.1, 0.15) is 47.5 Å². The van der Waals surface area contributed by atoms with Gasteiger partial charge in [0.15, 0.2) is 0 Å². The second kappa shape index (κ2) is 9.03. The van der Waals surface area contributed by atoms with Crippen molar-refractivity contribution in [3.8, 4) is 5.75 Å². The number of ether oxygens (including phenoxy) is 2. The van der Waals surface area contributed by atoms with Crippen molar-refractivity contribution in [2.45, 2.75) is 47.5 Å². The molecule has 0 spiro atoms. The van der Waals surface area contributed by atoms with Crippen LogP contribution in [-0.2, 0) is 14.6 Å². The first-order valence-corrected chi connectivity index (χ1v) is 11.2. The number of carbonyl (C=O) groups excluding carboxylic acids is 1. The molecule has 0 saturated heterocycles. The van der Waals surface area contributed by atoms with Gasteiger partial charge >= 0.3 is 5.69 Å². The summed E-state index contributed by atoms with van der Waals surface area (Å²) in [6.07, 6.45) is 2.99. The van der Waals surface area contributed by atoms with Crippen LogP contribution in [0.25, 0.3) is 0 Å². The van der Waals surface area contributed by atoms with Gasteiger partial charge in [0.1, 0.15) is 4.90 Å². The molecule has 0 unspecified atom stereocenters. The Bertz CT molecular complexity index is 1110. The van der Waals surface area contributed by atoms with Gasteiger partial charge in [-0.1, -0.05) is 18.2 Å². The molecule has 1 aliphatic carbocycles. The normalized spacial score (nSPS) is 19.0. The Labute approximate surface area is 180 Å². The summed E-state index contributed by atoms with van der Waals surface area (Å²) in [6.45, 7) is 0. The molecule has 2 N–H and O–H groups in total. The van der Waals surface area contributed by atoms with Gasteiger partial charge < -0.3 is 15.2 Å². The summed E-state index contributed by atoms with van der Waals surface area (Å²) in [5, 5.41) is 12.0. The van der Waals surface area contributed by atoms with Gasteiger partial charge in [0, 0.05) is 12.7 Å². The number of sulfone groups is 1. The number of nitro benzene ring substituents is 1. The highest BCUT2D eigenvalue weighted by Crippen LogP contribution is 2.45. The third kappa shape index (κ3) is 4.26. The molecule has 2 aromatic rings. The van der Waals surface area contributed by atoms with E-state index in [1.54, 1.807) is 7.11 Å². The zero-order chi connectivity index (χ0) is 22.8. The van der Waals surface area contributed by atoms with Crippen molar-refractivity contribution in [3.63, 3.8) is 0 Å². The van der Waals surface area contributed by atoms with E-state index in [1.165, 1.54) is 43.5 Å². The Morgan fingerprint density at radius 2 is 1.71 bits per heavy atom. The highest BCUT2D eigenvalue weighted by molar-refractivity contribution is 7.91. The monoisotopic (exact) mass is 448 g/mol. The summed E-state index contributed by atoms with van der Waals surface area (Å²) in [5.74, 6) is -1.38. The van der Waals surface area contributed by atoms with E-state index in [0.717, 1.165) is 12.8 Å². The number of amides is 1. The largest absolute Gasteiger partial charge is 0.489 e. The lowest BCUT2D eigenvalue weighted by Gasteiger charge is -2.28. The second-order valence-electron chi connectivity index (χ2n) is 7.37. The van der Waals surface area contributed by atoms with Crippen molar-refractivity contribution < 1.29 is 27.6 Å². The van der Waals surface area contributed by atoms with Crippen molar-refractivity contribution in [2.24, 2.45) is 5.73 Å². The smallest absolute Gasteiger partial charge is 0.315 e. The van der Waals surface area contributed by atoms with Crippen molar-refractivity contribution in [1.29, 1.82) is 0 Å². The molecule has 0 aromatic heterocycles. The average Bonchev–Trinajstić information content (AvgIpc) is 2.77. The first-order chi connectivity index (χ1) is 14.7. The highest BCUT2D eigenvalue weighted by atomic mass is 32.2. The lowest BCUT2D eigenvalue weighted by molar-refractivity contribution is -0.386. The zero-order valence-corrected chi connectivity index (χ0v) is 18.1. The predicted molar refractivity (Wildman–Crippen MR) is 112 cm³/mol. The number of nitro groups is 1. The van der Waals surface area contributed by atoms with E-state index in [4.69, 9.17) is 15.2 Å². The van der Waals surface area contributed by atoms with Crippen LogP contribution in [-0.4, -0.2) is 39.6 Å². The van der Waals surface area contributed by atoms with E-state index in [1.807, 2.05) is 0 Å². The maximum Gasteiger partial charge on any atom is 0.315 e. The van der Waals surface area contributed by atoms with Crippen LogP contribution in [0.5, 0.6) is 5.75 Å². The van der Waals surface area contributed by atoms with Crippen molar-refractivity contribution in [1.82, 2.24) is 0 Å². The van der Waals surface area contributed by atoms with Crippen LogP contribution in [0.4, 0.5) is 5.69 Å². The number of carbonyl (C=O) groups is 1. The molecule has 1 fully saturated rings. The fourth-order valence-electron chi connectivity index (χ4n) is 4.13. The summed E-state index contributed by atoms with van der Waals surface area (Å²) in [7, 11) is -1.50. The maximum atomic E-state index is 13.4. The van der Waals surface area contributed by atoms with Gasteiger partial charge in [-0.3, -0.25) is 14.9 Å². The average molecular weight is 448 g/mol. The molecule has 1 saturated carbocycles. The summed E-state index contributed by atoms with van der Waals surface area (Å²) in [4.78, 5) is 22.4. The summed E-state index contributed by atoms with van der Waals surface area (Å²) in [5.41, 5.74) is 5.18. The molecule has 31 heavy (non-hydrogen) atoms. The topological polar surface area (TPSA) is 139 Å². The van der Waals surface area contributed by atoms with Crippen LogP contribution in [0, 0.1) is 10.1 Å². The van der Waals surface area contributed by atoms with E-state index in [0.29, 0.717) is 18.4 Å². The number of hydrogen-bond acceptors (Lipinski definition) is 7. The molecule has 0 atom stereocenters. The van der Waals surface area contributed by atoms with Gasteiger partial charge in [-0.15, -0.1) is 0 Å². The molecule has 1 amide bonds. The first kappa shape index (κ1) is 22.7. The molecular weight excluding hydrogens is 424 g/mol. The third-order valence-electron chi connectivity index (χ3n) is 5.69. The van der Waals surface area contributed by atoms with Crippen LogP contribution < -0.4 is 10.5 Å². The van der Waals surface area contributed by atoms with Gasteiger partial charge in [0.2, 0.25) is 21.5 Å². The van der Waals surface area contributed by atoms with Crippen LogP contribution >= 0.6 is 0 Å². The van der Waals surface area contributed by atoms with Crippen molar-refractivity contribution in [3.05, 3.63) is 57.6 Å². The van der Waals surface area contributed by atoms with Crippen molar-refractivity contribution in [2.75, 3.05) is 14.2 Å². The Morgan fingerprint density at radius 1 is 1.06 bits per heavy atom. The molecular formula is C21H24N2O7S. The zero-order valence-electron chi connectivity index (χ0n) is 17.2. The quantitative estimate of drug-likeness (QED) is 0.507. The maximum absolute atomic E-state index is 13.4. The number of methoxy groups -OCH3 is 2. The SMILES string of the molecule is COc1c(S(=O)(=O)c2ccccc2C(N)=O)ccc(C2CCC(OC)CC2)c1[N+](=O)[O-]. The number of rotatable bonds is 7. The first-order valence-electron chi connectivity index (χ1n) is 9.74. The fourth-order valence-corrected chi connectivity index (χ4v) is 5.75. The van der Waals surface area contributed by atoms with E-state index in [9.17, 15) is 23.3 Å². The minimum absolute atomic E-state index is 0.113. The minimum atomic E-state index is -4.32. The van der Waals surface area contributed by atoms with Crippen LogP contribution in [0.2, 0.25) is 0 Å². The van der Waals surface area contributed by atoms with Gasteiger partial charge in [0.25, 0.3) is 0 Å². The molecule has 9 nitrogen and oxygen atoms in total. The number of nitrogens with zero attached hydrogens (tertiary/aromatic N) is 1. The fraction of sp³-hybridized carbons (Fsp3) is 0.381. The van der Waals surface area contributed by atoms with E-state index in [-0.39, 0.29) is 38.8 Å². The molecule has 0 radical (unpaired) electrons. The Balaban J connectivity index is 2.16. The van der Waals surface area contributed by atoms with E-state index >= 15 is 0 Å². The van der Waals surface area contributed by atoms with Crippen LogP contribution in [0.15, 0.2) is 46.2 Å². The lowest BCUT2D eigenvalue weighted by atomic mass is 9.82. The van der Waals surface area contributed by atoms with Gasteiger partial charge in [-0.2, -0.15) is 0 Å². The molecule has 2 aromatic carbocycles. The Hall–Kier alpha value is -2.98. The molecule has 10 heteroatoms. The Kier molecular flexibility index (Phi) is 6.61. The number of primary amides is 1. The van der Waals surface area contributed by atoms with Gasteiger partial charge in [-0.05, 0) is 49.8 Å². The number of nitrogens with two attached hydrogens (primary N) is 1. The van der Waals surface area contributed by atoms with E-state index in [2.05, 4.69) is 0 Å². The van der Waals surface area contributed by atoms with Crippen molar-refractivity contribution >= 4 is 21.4 Å². The molecule has 3 rings (SSSR count). The summed E-state index contributed by atoms with van der Waals surface area (Å²) < 4.78 is 37.3. The molecule has 1 aliphatic rings. The van der Waals surface area contributed by atoms with Crippen LogP contribution in [0.3, 0.4) is 0 Å².